The minimum atomic E-state index is 0.568. The van der Waals surface area contributed by atoms with Crippen LogP contribution in [-0.4, -0.2) is 26.1 Å². The first-order valence-corrected chi connectivity index (χ1v) is 11.3. The van der Waals surface area contributed by atoms with E-state index < -0.39 is 0 Å². The zero-order valence-electron chi connectivity index (χ0n) is 17.2. The Bertz CT molecular complexity index is 1210. The van der Waals surface area contributed by atoms with Gasteiger partial charge in [0.2, 0.25) is 0 Å². The molecule has 1 aliphatic heterocycles. The fourth-order valence-electron chi connectivity index (χ4n) is 5.37. The van der Waals surface area contributed by atoms with Gasteiger partial charge < -0.3 is 9.88 Å². The summed E-state index contributed by atoms with van der Waals surface area (Å²) in [5, 5.41) is 5.87. The van der Waals surface area contributed by atoms with Crippen molar-refractivity contribution in [3.8, 4) is 0 Å². The van der Waals surface area contributed by atoms with Gasteiger partial charge in [-0.3, -0.25) is 0 Å². The Morgan fingerprint density at radius 1 is 1.10 bits per heavy atom. The predicted octanol–water partition coefficient (Wildman–Crippen LogP) is 5.31. The lowest BCUT2D eigenvalue weighted by Gasteiger charge is -2.18. The van der Waals surface area contributed by atoms with Gasteiger partial charge in [0, 0.05) is 35.8 Å². The number of pyridine rings is 1. The molecule has 4 heterocycles. The van der Waals surface area contributed by atoms with E-state index in [1.807, 2.05) is 6.20 Å². The van der Waals surface area contributed by atoms with Gasteiger partial charge in [-0.2, -0.15) is 0 Å². The first kappa shape index (κ1) is 17.9. The third kappa shape index (κ3) is 3.22. The highest BCUT2D eigenvalue weighted by Gasteiger charge is 2.26. The summed E-state index contributed by atoms with van der Waals surface area (Å²) in [6.45, 7) is 1.04. The number of hydrogen-bond donors (Lipinski definition) is 1. The minimum Gasteiger partial charge on any atom is -0.370 e. The van der Waals surface area contributed by atoms with Crippen LogP contribution < -0.4 is 5.32 Å². The van der Waals surface area contributed by atoms with E-state index >= 15 is 0 Å². The molecular formula is C25H27N5. The molecule has 1 aromatic carbocycles. The van der Waals surface area contributed by atoms with Crippen LogP contribution in [0.2, 0.25) is 0 Å². The van der Waals surface area contributed by atoms with E-state index in [9.17, 15) is 0 Å². The van der Waals surface area contributed by atoms with Crippen molar-refractivity contribution in [2.24, 2.45) is 5.92 Å². The minimum absolute atomic E-state index is 0.568. The number of rotatable bonds is 4. The number of aryl methyl sites for hydroxylation is 2. The second-order valence-electron chi connectivity index (χ2n) is 8.95. The molecule has 2 aliphatic rings. The lowest BCUT2D eigenvalue weighted by molar-refractivity contribution is 0.461. The number of hydrogen-bond acceptors (Lipinski definition) is 4. The molecule has 1 aliphatic carbocycles. The fraction of sp³-hybridized carbons (Fsp3) is 0.400. The molecule has 5 nitrogen and oxygen atoms in total. The summed E-state index contributed by atoms with van der Waals surface area (Å²) in [4.78, 5) is 13.6. The first-order chi connectivity index (χ1) is 14.8. The summed E-state index contributed by atoms with van der Waals surface area (Å²) in [5.41, 5.74) is 4.98. The highest BCUT2D eigenvalue weighted by molar-refractivity contribution is 5.82. The van der Waals surface area contributed by atoms with Gasteiger partial charge in [-0.1, -0.05) is 12.1 Å². The van der Waals surface area contributed by atoms with Crippen molar-refractivity contribution in [3.63, 3.8) is 0 Å². The number of fused-ring (bicyclic) bond motifs is 3. The Kier molecular flexibility index (Phi) is 4.40. The van der Waals surface area contributed by atoms with Crippen molar-refractivity contribution < 1.29 is 0 Å². The average molecular weight is 398 g/mol. The molecule has 0 bridgehead atoms. The molecule has 3 aromatic heterocycles. The van der Waals surface area contributed by atoms with E-state index in [-0.39, 0.29) is 0 Å². The molecule has 152 valence electrons. The van der Waals surface area contributed by atoms with E-state index in [4.69, 9.17) is 4.98 Å². The standard InChI is InChI=1S/C25H27N5/c1-2-20-14-19-7-5-18(13-23(19)29-24(20)27-10-1)4-3-17-6-8-22(12-17)30-11-9-21-15-26-16-28-25(21)30/h5,7,9,11,13-17,22H,1-4,6,8,10,12H2,(H,27,29). The predicted molar refractivity (Wildman–Crippen MR) is 121 cm³/mol. The van der Waals surface area contributed by atoms with Gasteiger partial charge >= 0.3 is 0 Å². The molecule has 2 unspecified atom stereocenters. The molecule has 0 saturated heterocycles. The molecule has 0 spiro atoms. The van der Waals surface area contributed by atoms with Crippen LogP contribution in [0.5, 0.6) is 0 Å². The number of anilines is 1. The Labute approximate surface area is 176 Å². The topological polar surface area (TPSA) is 55.6 Å². The van der Waals surface area contributed by atoms with Gasteiger partial charge in [0.25, 0.3) is 0 Å². The quantitative estimate of drug-likeness (QED) is 0.507. The summed E-state index contributed by atoms with van der Waals surface area (Å²) < 4.78 is 2.37. The highest BCUT2D eigenvalue weighted by Crippen LogP contribution is 2.38. The SMILES string of the molecule is c1ncc2ccn(C3CCC(CCc4ccc5cc6c(nc5c4)NCCC6)C3)c2n1. The zero-order chi connectivity index (χ0) is 19.9. The Hall–Kier alpha value is -2.95. The van der Waals surface area contributed by atoms with E-state index in [2.05, 4.69) is 56.4 Å². The van der Waals surface area contributed by atoms with Crippen LogP contribution in [-0.2, 0) is 12.8 Å². The highest BCUT2D eigenvalue weighted by atomic mass is 15.1. The number of nitrogens with one attached hydrogen (secondary N) is 1. The van der Waals surface area contributed by atoms with Gasteiger partial charge in [0.15, 0.2) is 0 Å². The maximum atomic E-state index is 4.90. The number of aromatic nitrogens is 4. The summed E-state index contributed by atoms with van der Waals surface area (Å²) >= 11 is 0. The molecule has 2 atom stereocenters. The maximum Gasteiger partial charge on any atom is 0.143 e. The van der Waals surface area contributed by atoms with Crippen LogP contribution in [0.15, 0.2) is 49.1 Å². The van der Waals surface area contributed by atoms with Crippen molar-refractivity contribution in [1.82, 2.24) is 19.5 Å². The van der Waals surface area contributed by atoms with E-state index in [0.29, 0.717) is 6.04 Å². The van der Waals surface area contributed by atoms with Gasteiger partial charge in [-0.15, -0.1) is 0 Å². The van der Waals surface area contributed by atoms with E-state index in [1.54, 1.807) is 6.33 Å². The monoisotopic (exact) mass is 397 g/mol. The van der Waals surface area contributed by atoms with Gasteiger partial charge in [-0.05, 0) is 80.2 Å². The van der Waals surface area contributed by atoms with E-state index in [0.717, 1.165) is 47.7 Å². The second-order valence-corrected chi connectivity index (χ2v) is 8.95. The van der Waals surface area contributed by atoms with Crippen molar-refractivity contribution in [2.75, 3.05) is 11.9 Å². The molecule has 30 heavy (non-hydrogen) atoms. The second kappa shape index (κ2) is 7.38. The normalized spacial score (nSPS) is 21.1. The van der Waals surface area contributed by atoms with Crippen LogP contribution in [0.25, 0.3) is 21.9 Å². The van der Waals surface area contributed by atoms with E-state index in [1.165, 1.54) is 48.6 Å². The Morgan fingerprint density at radius 2 is 2.10 bits per heavy atom. The summed E-state index contributed by atoms with van der Waals surface area (Å²) in [7, 11) is 0. The molecular weight excluding hydrogens is 370 g/mol. The van der Waals surface area contributed by atoms with Crippen LogP contribution in [0, 0.1) is 5.92 Å². The largest absolute Gasteiger partial charge is 0.370 e. The number of nitrogens with zero attached hydrogens (tertiary/aromatic N) is 4. The van der Waals surface area contributed by atoms with Crippen molar-refractivity contribution >= 4 is 27.8 Å². The molecule has 6 rings (SSSR count). The molecule has 0 radical (unpaired) electrons. The Morgan fingerprint density at radius 3 is 3.10 bits per heavy atom. The molecule has 0 amide bonds. The third-order valence-corrected chi connectivity index (χ3v) is 7.00. The fourth-order valence-corrected chi connectivity index (χ4v) is 5.37. The molecule has 1 fully saturated rings. The van der Waals surface area contributed by atoms with Crippen LogP contribution in [0.4, 0.5) is 5.82 Å². The van der Waals surface area contributed by atoms with Crippen molar-refractivity contribution in [3.05, 3.63) is 60.2 Å². The summed E-state index contributed by atoms with van der Waals surface area (Å²) in [6.07, 6.45) is 14.3. The lowest BCUT2D eigenvalue weighted by Crippen LogP contribution is -2.13. The molecule has 1 saturated carbocycles. The van der Waals surface area contributed by atoms with Crippen molar-refractivity contribution in [1.29, 1.82) is 0 Å². The molecule has 4 aromatic rings. The first-order valence-electron chi connectivity index (χ1n) is 11.3. The van der Waals surface area contributed by atoms with Gasteiger partial charge in [0.05, 0.1) is 5.52 Å². The lowest BCUT2D eigenvalue weighted by atomic mass is 9.96. The van der Waals surface area contributed by atoms with Gasteiger partial charge in [0.1, 0.15) is 17.8 Å². The Balaban J connectivity index is 1.14. The average Bonchev–Trinajstić information content (AvgIpc) is 3.43. The molecule has 1 N–H and O–H groups in total. The summed E-state index contributed by atoms with van der Waals surface area (Å²) in [5.74, 6) is 1.87. The third-order valence-electron chi connectivity index (χ3n) is 7.00. The smallest absolute Gasteiger partial charge is 0.143 e. The van der Waals surface area contributed by atoms with Crippen molar-refractivity contribution in [2.45, 2.75) is 51.0 Å². The van der Waals surface area contributed by atoms with Crippen LogP contribution >= 0.6 is 0 Å². The zero-order valence-corrected chi connectivity index (χ0v) is 17.2. The van der Waals surface area contributed by atoms with Crippen LogP contribution in [0.1, 0.15) is 49.3 Å². The van der Waals surface area contributed by atoms with Crippen LogP contribution in [0.3, 0.4) is 0 Å². The van der Waals surface area contributed by atoms with Gasteiger partial charge in [-0.25, -0.2) is 15.0 Å². The summed E-state index contributed by atoms with van der Waals surface area (Å²) in [6, 6.07) is 11.9. The molecule has 5 heteroatoms. The number of benzene rings is 1. The maximum absolute atomic E-state index is 4.90.